The first kappa shape index (κ1) is 14.8. The predicted molar refractivity (Wildman–Crippen MR) is 78.8 cm³/mol. The fourth-order valence-electron chi connectivity index (χ4n) is 3.96. The molecule has 2 atom stereocenters. The second-order valence-corrected chi connectivity index (χ2v) is 6.93. The summed E-state index contributed by atoms with van der Waals surface area (Å²) in [5, 5.41) is 3.70. The van der Waals surface area contributed by atoms with Crippen LogP contribution in [0, 0.1) is 5.92 Å². The van der Waals surface area contributed by atoms with Crippen LogP contribution in [0.5, 0.6) is 0 Å². The van der Waals surface area contributed by atoms with Crippen LogP contribution in [0.15, 0.2) is 0 Å². The van der Waals surface area contributed by atoms with Crippen molar-refractivity contribution in [3.05, 3.63) is 0 Å². The molecule has 0 aromatic heterocycles. The van der Waals surface area contributed by atoms with Crippen LogP contribution >= 0.6 is 0 Å². The number of nitrogens with one attached hydrogen (secondary N) is 1. The average Bonchev–Trinajstić information content (AvgIpc) is 2.87. The SMILES string of the molecule is CCCC1NC2(CCCC2)C(=O)N1C(C)CC(C)C. The highest BCUT2D eigenvalue weighted by molar-refractivity contribution is 5.89. The molecule has 19 heavy (non-hydrogen) atoms. The van der Waals surface area contributed by atoms with Gasteiger partial charge in [0.2, 0.25) is 5.91 Å². The summed E-state index contributed by atoms with van der Waals surface area (Å²) in [6.07, 6.45) is 8.05. The summed E-state index contributed by atoms with van der Waals surface area (Å²) >= 11 is 0. The Morgan fingerprint density at radius 1 is 1.32 bits per heavy atom. The molecule has 1 saturated carbocycles. The molecule has 1 amide bonds. The Balaban J connectivity index is 2.15. The molecule has 2 fully saturated rings. The first-order valence-electron chi connectivity index (χ1n) is 8.10. The molecule has 0 radical (unpaired) electrons. The van der Waals surface area contributed by atoms with Crippen LogP contribution in [-0.4, -0.2) is 28.6 Å². The lowest BCUT2D eigenvalue weighted by Crippen LogP contribution is -2.45. The molecule has 3 nitrogen and oxygen atoms in total. The summed E-state index contributed by atoms with van der Waals surface area (Å²) in [7, 11) is 0. The fourth-order valence-corrected chi connectivity index (χ4v) is 3.96. The first-order chi connectivity index (χ1) is 9.00. The van der Waals surface area contributed by atoms with Gasteiger partial charge in [-0.2, -0.15) is 0 Å². The number of carbonyl (C=O) groups is 1. The van der Waals surface area contributed by atoms with Gasteiger partial charge in [0, 0.05) is 6.04 Å². The maximum absolute atomic E-state index is 12.9. The lowest BCUT2D eigenvalue weighted by Gasteiger charge is -2.31. The van der Waals surface area contributed by atoms with Crippen LogP contribution in [0.1, 0.15) is 72.6 Å². The van der Waals surface area contributed by atoms with E-state index in [0.717, 1.165) is 32.1 Å². The van der Waals surface area contributed by atoms with Crippen LogP contribution in [0.3, 0.4) is 0 Å². The van der Waals surface area contributed by atoms with Gasteiger partial charge in [-0.25, -0.2) is 0 Å². The van der Waals surface area contributed by atoms with Crippen molar-refractivity contribution < 1.29 is 4.79 Å². The van der Waals surface area contributed by atoms with E-state index in [1.807, 2.05) is 0 Å². The Hall–Kier alpha value is -0.570. The van der Waals surface area contributed by atoms with Crippen molar-refractivity contribution in [2.24, 2.45) is 5.92 Å². The van der Waals surface area contributed by atoms with Gasteiger partial charge >= 0.3 is 0 Å². The molecule has 1 aliphatic carbocycles. The van der Waals surface area contributed by atoms with Gasteiger partial charge in [0.1, 0.15) is 0 Å². The molecule has 1 heterocycles. The second kappa shape index (κ2) is 5.82. The quantitative estimate of drug-likeness (QED) is 0.828. The molecule has 0 bridgehead atoms. The van der Waals surface area contributed by atoms with Crippen molar-refractivity contribution in [1.82, 2.24) is 10.2 Å². The summed E-state index contributed by atoms with van der Waals surface area (Å²) in [4.78, 5) is 15.1. The highest BCUT2D eigenvalue weighted by Crippen LogP contribution is 2.38. The van der Waals surface area contributed by atoms with Gasteiger partial charge < -0.3 is 4.90 Å². The van der Waals surface area contributed by atoms with E-state index in [1.54, 1.807) is 0 Å². The van der Waals surface area contributed by atoms with E-state index >= 15 is 0 Å². The molecule has 1 saturated heterocycles. The number of rotatable bonds is 5. The predicted octanol–water partition coefficient (Wildman–Crippen LogP) is 3.29. The van der Waals surface area contributed by atoms with Crippen molar-refractivity contribution in [2.45, 2.75) is 90.4 Å². The van der Waals surface area contributed by atoms with Crippen molar-refractivity contribution in [1.29, 1.82) is 0 Å². The third kappa shape index (κ3) is 2.81. The van der Waals surface area contributed by atoms with E-state index in [4.69, 9.17) is 0 Å². The summed E-state index contributed by atoms with van der Waals surface area (Å²) in [5.41, 5.74) is -0.203. The average molecular weight is 266 g/mol. The molecular formula is C16H30N2O. The van der Waals surface area contributed by atoms with Gasteiger partial charge in [0.15, 0.2) is 0 Å². The molecule has 1 N–H and O–H groups in total. The first-order valence-corrected chi connectivity index (χ1v) is 8.10. The highest BCUT2D eigenvalue weighted by atomic mass is 16.2. The molecule has 0 aromatic carbocycles. The van der Waals surface area contributed by atoms with Crippen molar-refractivity contribution >= 4 is 5.91 Å². The lowest BCUT2D eigenvalue weighted by atomic mass is 9.96. The zero-order chi connectivity index (χ0) is 14.0. The number of hydrogen-bond acceptors (Lipinski definition) is 2. The fraction of sp³-hybridized carbons (Fsp3) is 0.938. The Labute approximate surface area is 118 Å². The van der Waals surface area contributed by atoms with E-state index in [0.29, 0.717) is 17.9 Å². The summed E-state index contributed by atoms with van der Waals surface area (Å²) in [6.45, 7) is 8.91. The normalized spacial score (nSPS) is 27.7. The molecule has 1 aliphatic heterocycles. The topological polar surface area (TPSA) is 32.3 Å². The number of nitrogens with zero attached hydrogens (tertiary/aromatic N) is 1. The minimum absolute atomic E-state index is 0.203. The van der Waals surface area contributed by atoms with Gasteiger partial charge in [0.25, 0.3) is 0 Å². The molecule has 110 valence electrons. The van der Waals surface area contributed by atoms with Crippen LogP contribution in [0.2, 0.25) is 0 Å². The minimum atomic E-state index is -0.203. The van der Waals surface area contributed by atoms with Crippen molar-refractivity contribution in [3.8, 4) is 0 Å². The molecule has 2 unspecified atom stereocenters. The third-order valence-corrected chi connectivity index (χ3v) is 4.73. The number of amides is 1. The van der Waals surface area contributed by atoms with Gasteiger partial charge in [-0.05, 0) is 38.5 Å². The van der Waals surface area contributed by atoms with E-state index in [9.17, 15) is 4.79 Å². The molecule has 0 aromatic rings. The van der Waals surface area contributed by atoms with Crippen molar-refractivity contribution in [3.63, 3.8) is 0 Å². The van der Waals surface area contributed by atoms with Gasteiger partial charge in [-0.3, -0.25) is 10.1 Å². The van der Waals surface area contributed by atoms with Gasteiger partial charge in [-0.15, -0.1) is 0 Å². The summed E-state index contributed by atoms with van der Waals surface area (Å²) < 4.78 is 0. The van der Waals surface area contributed by atoms with E-state index < -0.39 is 0 Å². The molecule has 2 aliphatic rings. The molecular weight excluding hydrogens is 236 g/mol. The lowest BCUT2D eigenvalue weighted by molar-refractivity contribution is -0.135. The monoisotopic (exact) mass is 266 g/mol. The molecule has 1 spiro atoms. The summed E-state index contributed by atoms with van der Waals surface area (Å²) in [6, 6.07) is 0.358. The smallest absolute Gasteiger partial charge is 0.244 e. The Bertz CT molecular complexity index is 321. The minimum Gasteiger partial charge on any atom is -0.323 e. The van der Waals surface area contributed by atoms with Gasteiger partial charge in [-0.1, -0.05) is 40.0 Å². The summed E-state index contributed by atoms with van der Waals surface area (Å²) in [5.74, 6) is 1.03. The van der Waals surface area contributed by atoms with Gasteiger partial charge in [0.05, 0.1) is 11.7 Å². The van der Waals surface area contributed by atoms with E-state index in [1.165, 1.54) is 12.8 Å². The van der Waals surface area contributed by atoms with Crippen LogP contribution < -0.4 is 5.32 Å². The maximum Gasteiger partial charge on any atom is 0.244 e. The maximum atomic E-state index is 12.9. The van der Waals surface area contributed by atoms with Crippen LogP contribution in [0.25, 0.3) is 0 Å². The van der Waals surface area contributed by atoms with Crippen molar-refractivity contribution in [2.75, 3.05) is 0 Å². The standard InChI is InChI=1S/C16H30N2O/c1-5-8-14-17-16(9-6-7-10-16)15(19)18(14)13(4)11-12(2)3/h12-14,17H,5-11H2,1-4H3. The Morgan fingerprint density at radius 2 is 1.95 bits per heavy atom. The zero-order valence-electron chi connectivity index (χ0n) is 13.0. The Morgan fingerprint density at radius 3 is 2.47 bits per heavy atom. The largest absolute Gasteiger partial charge is 0.323 e. The second-order valence-electron chi connectivity index (χ2n) is 6.93. The Kier molecular flexibility index (Phi) is 4.54. The van der Waals surface area contributed by atoms with Crippen LogP contribution in [-0.2, 0) is 4.79 Å². The molecule has 3 heteroatoms. The number of hydrogen-bond donors (Lipinski definition) is 1. The number of carbonyl (C=O) groups excluding carboxylic acids is 1. The highest BCUT2D eigenvalue weighted by Gasteiger charge is 2.52. The van der Waals surface area contributed by atoms with E-state index in [2.05, 4.69) is 37.9 Å². The van der Waals surface area contributed by atoms with Crippen LogP contribution in [0.4, 0.5) is 0 Å². The molecule has 2 rings (SSSR count). The third-order valence-electron chi connectivity index (χ3n) is 4.73. The van der Waals surface area contributed by atoms with E-state index in [-0.39, 0.29) is 11.7 Å². The zero-order valence-corrected chi connectivity index (χ0v) is 13.0.